The summed E-state index contributed by atoms with van der Waals surface area (Å²) in [6.07, 6.45) is 4.54. The lowest BCUT2D eigenvalue weighted by molar-refractivity contribution is 0.0938. The number of hydrogen-bond donors (Lipinski definition) is 2. The van der Waals surface area contributed by atoms with Gasteiger partial charge in [0.2, 0.25) is 0 Å². The second-order valence-corrected chi connectivity index (χ2v) is 7.39. The number of carbonyl (C=O) groups is 1. The van der Waals surface area contributed by atoms with Gasteiger partial charge in [0.25, 0.3) is 5.91 Å². The van der Waals surface area contributed by atoms with E-state index in [0.29, 0.717) is 18.8 Å². The van der Waals surface area contributed by atoms with E-state index in [1.165, 1.54) is 29.7 Å². The second kappa shape index (κ2) is 8.30. The van der Waals surface area contributed by atoms with E-state index in [0.717, 1.165) is 22.9 Å². The summed E-state index contributed by atoms with van der Waals surface area (Å²) in [5.41, 5.74) is 7.27. The van der Waals surface area contributed by atoms with Crippen LogP contribution in [-0.4, -0.2) is 17.4 Å². The van der Waals surface area contributed by atoms with E-state index in [-0.39, 0.29) is 23.7 Å². The van der Waals surface area contributed by atoms with E-state index in [4.69, 9.17) is 17.3 Å². The van der Waals surface area contributed by atoms with E-state index in [1.54, 1.807) is 5.38 Å². The van der Waals surface area contributed by atoms with Gasteiger partial charge in [0.15, 0.2) is 0 Å². The second-order valence-electron chi connectivity index (χ2n) is 6.01. The van der Waals surface area contributed by atoms with E-state index >= 15 is 0 Å². The van der Waals surface area contributed by atoms with Crippen LogP contribution in [0.1, 0.15) is 46.7 Å². The number of nitrogens with zero attached hydrogens (tertiary/aromatic N) is 1. The summed E-state index contributed by atoms with van der Waals surface area (Å²) in [7, 11) is 0. The average molecular weight is 386 g/mol. The van der Waals surface area contributed by atoms with Crippen LogP contribution in [0, 0.1) is 0 Å². The van der Waals surface area contributed by atoms with E-state index in [2.05, 4.69) is 22.4 Å². The topological polar surface area (TPSA) is 68.0 Å². The number of carbonyl (C=O) groups excluding carboxylic acids is 1. The molecule has 1 heterocycles. The summed E-state index contributed by atoms with van der Waals surface area (Å²) < 4.78 is 0. The van der Waals surface area contributed by atoms with Crippen molar-refractivity contribution in [1.29, 1.82) is 0 Å². The monoisotopic (exact) mass is 385 g/mol. The first-order valence-corrected chi connectivity index (χ1v) is 9.07. The summed E-state index contributed by atoms with van der Waals surface area (Å²) in [4.78, 5) is 16.6. The Bertz CT molecular complexity index is 681. The third-order valence-corrected chi connectivity index (χ3v) is 5.69. The number of aromatic nitrogens is 1. The Balaban J connectivity index is 0.00000208. The molecule has 1 aromatic carbocycles. The van der Waals surface area contributed by atoms with Crippen LogP contribution in [0.3, 0.4) is 0 Å². The molecule has 0 spiro atoms. The van der Waals surface area contributed by atoms with Crippen molar-refractivity contribution in [3.63, 3.8) is 0 Å². The molecule has 0 radical (unpaired) electrons. The Morgan fingerprint density at radius 1 is 1.29 bits per heavy atom. The molecule has 1 aliphatic carbocycles. The molecule has 24 heavy (non-hydrogen) atoms. The van der Waals surface area contributed by atoms with E-state index in [1.807, 2.05) is 12.1 Å². The van der Waals surface area contributed by atoms with Crippen molar-refractivity contribution in [2.75, 3.05) is 6.54 Å². The molecule has 7 heteroatoms. The van der Waals surface area contributed by atoms with Crippen molar-refractivity contribution < 1.29 is 4.79 Å². The molecule has 1 saturated carbocycles. The first kappa shape index (κ1) is 19.2. The molecule has 1 amide bonds. The van der Waals surface area contributed by atoms with Gasteiger partial charge in [0, 0.05) is 28.9 Å². The Labute approximate surface area is 157 Å². The zero-order valence-corrected chi connectivity index (χ0v) is 15.6. The number of nitrogens with two attached hydrogens (primary N) is 1. The third-order valence-electron chi connectivity index (χ3n) is 4.56. The fourth-order valence-corrected chi connectivity index (χ4v) is 4.05. The predicted molar refractivity (Wildman–Crippen MR) is 101 cm³/mol. The first-order valence-electron chi connectivity index (χ1n) is 7.82. The van der Waals surface area contributed by atoms with Gasteiger partial charge < -0.3 is 11.1 Å². The molecule has 130 valence electrons. The van der Waals surface area contributed by atoms with Crippen molar-refractivity contribution in [3.8, 4) is 0 Å². The number of rotatable bonds is 5. The molecule has 0 saturated heterocycles. The van der Waals surface area contributed by atoms with Gasteiger partial charge >= 0.3 is 0 Å². The zero-order chi connectivity index (χ0) is 16.3. The third kappa shape index (κ3) is 4.09. The van der Waals surface area contributed by atoms with Gasteiger partial charge in [-0.05, 0) is 30.5 Å². The Kier molecular flexibility index (Phi) is 6.63. The maximum Gasteiger partial charge on any atom is 0.270 e. The largest absolute Gasteiger partial charge is 0.350 e. The maximum absolute atomic E-state index is 12.3. The number of benzene rings is 1. The lowest BCUT2D eigenvalue weighted by Gasteiger charge is -2.30. The molecule has 4 nitrogen and oxygen atoms in total. The smallest absolute Gasteiger partial charge is 0.270 e. The minimum atomic E-state index is -0.124. The number of nitrogens with one attached hydrogen (secondary N) is 1. The highest BCUT2D eigenvalue weighted by atomic mass is 35.5. The van der Waals surface area contributed by atoms with Crippen LogP contribution in [0.4, 0.5) is 0 Å². The summed E-state index contributed by atoms with van der Waals surface area (Å²) >= 11 is 7.42. The fraction of sp³-hybridized carbons (Fsp3) is 0.412. The first-order chi connectivity index (χ1) is 11.1. The van der Waals surface area contributed by atoms with E-state index in [9.17, 15) is 4.79 Å². The summed E-state index contributed by atoms with van der Waals surface area (Å²) in [5, 5.41) is 6.35. The number of hydrogen-bond acceptors (Lipinski definition) is 4. The van der Waals surface area contributed by atoms with Gasteiger partial charge in [-0.25, -0.2) is 4.98 Å². The van der Waals surface area contributed by atoms with Gasteiger partial charge in [-0.1, -0.05) is 36.6 Å². The van der Waals surface area contributed by atoms with Crippen LogP contribution in [0.5, 0.6) is 0 Å². The molecule has 3 N–H and O–H groups in total. The molecule has 0 aliphatic heterocycles. The quantitative estimate of drug-likeness (QED) is 0.819. The SMILES string of the molecule is Cl.NCc1nc(C(=O)NCC2(c3ccc(Cl)cc3)CCCC2)cs1. The van der Waals surface area contributed by atoms with Gasteiger partial charge in [-0.3, -0.25) is 4.79 Å². The zero-order valence-electron chi connectivity index (χ0n) is 13.3. The molecule has 0 atom stereocenters. The lowest BCUT2D eigenvalue weighted by Crippen LogP contribution is -2.39. The highest BCUT2D eigenvalue weighted by molar-refractivity contribution is 7.09. The average Bonchev–Trinajstić information content (AvgIpc) is 3.23. The highest BCUT2D eigenvalue weighted by Gasteiger charge is 2.36. The van der Waals surface area contributed by atoms with Gasteiger partial charge in [0.05, 0.1) is 0 Å². The number of halogens is 2. The molecule has 3 rings (SSSR count). The Morgan fingerprint density at radius 3 is 2.54 bits per heavy atom. The summed E-state index contributed by atoms with van der Waals surface area (Å²) in [5.74, 6) is -0.124. The van der Waals surface area contributed by atoms with Crippen LogP contribution < -0.4 is 11.1 Å². The van der Waals surface area contributed by atoms with E-state index < -0.39 is 0 Å². The van der Waals surface area contributed by atoms with Crippen LogP contribution in [-0.2, 0) is 12.0 Å². The maximum atomic E-state index is 12.3. The Hall–Kier alpha value is -1.14. The van der Waals surface area contributed by atoms with Crippen molar-refractivity contribution in [2.45, 2.75) is 37.6 Å². The minimum Gasteiger partial charge on any atom is -0.350 e. The standard InChI is InChI=1S/C17H20ClN3OS.ClH/c18-13-5-3-12(4-6-13)17(7-1-2-8-17)11-20-16(22)14-10-23-15(9-19)21-14;/h3-6,10H,1-2,7-9,11,19H2,(H,20,22);1H. The molecular weight excluding hydrogens is 365 g/mol. The molecule has 0 unspecified atom stereocenters. The Morgan fingerprint density at radius 2 is 1.96 bits per heavy atom. The van der Waals surface area contributed by atoms with Crippen LogP contribution >= 0.6 is 35.3 Å². The van der Waals surface area contributed by atoms with Gasteiger partial charge in [-0.15, -0.1) is 23.7 Å². The molecule has 1 aromatic heterocycles. The highest BCUT2D eigenvalue weighted by Crippen LogP contribution is 2.41. The summed E-state index contributed by atoms with van der Waals surface area (Å²) in [6, 6.07) is 8.00. The number of amides is 1. The van der Waals surface area contributed by atoms with Crippen molar-refractivity contribution in [3.05, 3.63) is 50.9 Å². The lowest BCUT2D eigenvalue weighted by atomic mass is 9.79. The molecular formula is C17H21Cl2N3OS. The summed E-state index contributed by atoms with van der Waals surface area (Å²) in [6.45, 7) is 0.996. The predicted octanol–water partition coefficient (Wildman–Crippen LogP) is 3.92. The van der Waals surface area contributed by atoms with Crippen LogP contribution in [0.15, 0.2) is 29.6 Å². The molecule has 0 bridgehead atoms. The molecule has 1 aliphatic rings. The normalized spacial score (nSPS) is 15.8. The fourth-order valence-electron chi connectivity index (χ4n) is 3.27. The minimum absolute atomic E-state index is 0. The van der Waals surface area contributed by atoms with Crippen LogP contribution in [0.2, 0.25) is 5.02 Å². The molecule has 2 aromatic rings. The van der Waals surface area contributed by atoms with Crippen LogP contribution in [0.25, 0.3) is 0 Å². The van der Waals surface area contributed by atoms with Gasteiger partial charge in [-0.2, -0.15) is 0 Å². The van der Waals surface area contributed by atoms with Crippen molar-refractivity contribution >= 4 is 41.3 Å². The number of thiazole rings is 1. The van der Waals surface area contributed by atoms with Crippen molar-refractivity contribution in [2.24, 2.45) is 5.73 Å². The van der Waals surface area contributed by atoms with Crippen molar-refractivity contribution in [1.82, 2.24) is 10.3 Å². The van der Waals surface area contributed by atoms with Gasteiger partial charge in [0.1, 0.15) is 10.7 Å². The molecule has 1 fully saturated rings.